The Morgan fingerprint density at radius 1 is 1.20 bits per heavy atom. The third kappa shape index (κ3) is 5.71. The van der Waals surface area contributed by atoms with Gasteiger partial charge in [-0.1, -0.05) is 31.9 Å². The van der Waals surface area contributed by atoms with Crippen LogP contribution in [0.4, 0.5) is 10.5 Å². The Morgan fingerprint density at radius 2 is 1.97 bits per heavy atom. The average Bonchev–Trinajstić information content (AvgIpc) is 2.87. The standard InChI is InChI=1S/C21H27N3O6/c1-14-6-2-3-7-15(14)22-21(28)23-18(25)13-30-20(27)12-24-16-8-4-5-9-17(16)29-11-10-19(24)26/h4-5,8-9,14-15H,2-3,6-7,10-13H2,1H3,(H2,22,23,25,28)/t14-,15-/m1/s1. The highest BCUT2D eigenvalue weighted by molar-refractivity contribution is 6.00. The Labute approximate surface area is 175 Å². The van der Waals surface area contributed by atoms with E-state index < -0.39 is 24.5 Å². The number of benzene rings is 1. The molecule has 162 valence electrons. The van der Waals surface area contributed by atoms with Gasteiger partial charge in [0.25, 0.3) is 5.91 Å². The fraction of sp³-hybridized carbons (Fsp3) is 0.524. The van der Waals surface area contributed by atoms with Crippen molar-refractivity contribution >= 4 is 29.5 Å². The molecule has 2 N–H and O–H groups in total. The van der Waals surface area contributed by atoms with E-state index in [4.69, 9.17) is 9.47 Å². The number of imide groups is 1. The predicted octanol–water partition coefficient (Wildman–Crippen LogP) is 1.75. The van der Waals surface area contributed by atoms with Crippen LogP contribution in [0, 0.1) is 5.92 Å². The number of carbonyl (C=O) groups excluding carboxylic acids is 4. The summed E-state index contributed by atoms with van der Waals surface area (Å²) >= 11 is 0. The van der Waals surface area contributed by atoms with Crippen molar-refractivity contribution in [2.75, 3.05) is 24.7 Å². The quantitative estimate of drug-likeness (QED) is 0.706. The lowest BCUT2D eigenvalue weighted by Gasteiger charge is -2.29. The van der Waals surface area contributed by atoms with Gasteiger partial charge < -0.3 is 14.8 Å². The monoisotopic (exact) mass is 417 g/mol. The third-order valence-corrected chi connectivity index (χ3v) is 5.36. The molecule has 3 rings (SSSR count). The van der Waals surface area contributed by atoms with Crippen molar-refractivity contribution in [3.63, 3.8) is 0 Å². The number of hydrogen-bond acceptors (Lipinski definition) is 6. The van der Waals surface area contributed by atoms with Crippen molar-refractivity contribution in [1.29, 1.82) is 0 Å². The number of carbonyl (C=O) groups is 4. The first-order valence-corrected chi connectivity index (χ1v) is 10.2. The number of fused-ring (bicyclic) bond motifs is 1. The number of urea groups is 1. The lowest BCUT2D eigenvalue weighted by atomic mass is 9.86. The Bertz CT molecular complexity index is 812. The van der Waals surface area contributed by atoms with E-state index >= 15 is 0 Å². The molecule has 0 spiro atoms. The van der Waals surface area contributed by atoms with E-state index in [0.29, 0.717) is 17.4 Å². The number of anilines is 1. The van der Waals surface area contributed by atoms with Gasteiger partial charge in [-0.2, -0.15) is 0 Å². The molecule has 1 aliphatic heterocycles. The molecule has 9 heteroatoms. The summed E-state index contributed by atoms with van der Waals surface area (Å²) in [5, 5.41) is 4.97. The normalized spacial score (nSPS) is 21.0. The van der Waals surface area contributed by atoms with Crippen LogP contribution in [0.2, 0.25) is 0 Å². The third-order valence-electron chi connectivity index (χ3n) is 5.36. The maximum absolute atomic E-state index is 12.3. The molecule has 1 saturated carbocycles. The fourth-order valence-corrected chi connectivity index (χ4v) is 3.71. The van der Waals surface area contributed by atoms with Crippen LogP contribution in [-0.4, -0.2) is 49.6 Å². The maximum Gasteiger partial charge on any atom is 0.326 e. The Hall–Kier alpha value is -3.10. The molecule has 0 aromatic heterocycles. The average molecular weight is 417 g/mol. The minimum absolute atomic E-state index is 0.0328. The molecule has 0 saturated heterocycles. The van der Waals surface area contributed by atoms with Crippen LogP contribution < -0.4 is 20.3 Å². The number of rotatable bonds is 5. The molecular weight excluding hydrogens is 390 g/mol. The molecule has 1 aromatic rings. The predicted molar refractivity (Wildman–Crippen MR) is 108 cm³/mol. The number of ether oxygens (including phenoxy) is 2. The first-order valence-electron chi connectivity index (χ1n) is 10.2. The summed E-state index contributed by atoms with van der Waals surface area (Å²) in [6.45, 7) is 1.34. The first-order chi connectivity index (χ1) is 14.4. The summed E-state index contributed by atoms with van der Waals surface area (Å²) < 4.78 is 10.5. The molecule has 1 aliphatic carbocycles. The maximum atomic E-state index is 12.3. The zero-order valence-corrected chi connectivity index (χ0v) is 17.0. The number of amides is 4. The topological polar surface area (TPSA) is 114 Å². The largest absolute Gasteiger partial charge is 0.491 e. The van der Waals surface area contributed by atoms with Crippen LogP contribution in [0.5, 0.6) is 5.75 Å². The van der Waals surface area contributed by atoms with E-state index in [1.54, 1.807) is 24.3 Å². The van der Waals surface area contributed by atoms with Crippen LogP contribution in [0.25, 0.3) is 0 Å². The first kappa shape index (κ1) is 21.6. The lowest BCUT2D eigenvalue weighted by Crippen LogP contribution is -2.48. The van der Waals surface area contributed by atoms with E-state index in [1.165, 1.54) is 4.90 Å². The summed E-state index contributed by atoms with van der Waals surface area (Å²) in [6.07, 6.45) is 4.24. The molecule has 1 aromatic carbocycles. The van der Waals surface area contributed by atoms with Gasteiger partial charge in [-0.3, -0.25) is 24.6 Å². The molecule has 0 radical (unpaired) electrons. The molecule has 2 aliphatic rings. The zero-order valence-electron chi connectivity index (χ0n) is 17.0. The van der Waals surface area contributed by atoms with E-state index in [0.717, 1.165) is 25.7 Å². The van der Waals surface area contributed by atoms with Gasteiger partial charge in [0.15, 0.2) is 6.61 Å². The van der Waals surface area contributed by atoms with Gasteiger partial charge in [0.05, 0.1) is 18.7 Å². The van der Waals surface area contributed by atoms with Crippen LogP contribution in [-0.2, 0) is 19.1 Å². The van der Waals surface area contributed by atoms with Crippen molar-refractivity contribution < 1.29 is 28.7 Å². The second kappa shape index (κ2) is 10.1. The van der Waals surface area contributed by atoms with Crippen molar-refractivity contribution in [1.82, 2.24) is 10.6 Å². The van der Waals surface area contributed by atoms with E-state index in [1.807, 2.05) is 0 Å². The Kier molecular flexibility index (Phi) is 7.26. The van der Waals surface area contributed by atoms with Crippen LogP contribution in [0.3, 0.4) is 0 Å². The molecule has 1 heterocycles. The Morgan fingerprint density at radius 3 is 2.77 bits per heavy atom. The van der Waals surface area contributed by atoms with E-state index in [2.05, 4.69) is 17.6 Å². The lowest BCUT2D eigenvalue weighted by molar-refractivity contribution is -0.147. The molecule has 9 nitrogen and oxygen atoms in total. The summed E-state index contributed by atoms with van der Waals surface area (Å²) in [4.78, 5) is 49.7. The smallest absolute Gasteiger partial charge is 0.326 e. The van der Waals surface area contributed by atoms with Crippen LogP contribution >= 0.6 is 0 Å². The minimum atomic E-state index is -0.753. The van der Waals surface area contributed by atoms with Crippen LogP contribution in [0.1, 0.15) is 39.0 Å². The SMILES string of the molecule is C[C@@H]1CCCC[C@H]1NC(=O)NC(=O)COC(=O)CN1C(=O)CCOc2ccccc21. The number of para-hydroxylation sites is 2. The highest BCUT2D eigenvalue weighted by atomic mass is 16.5. The summed E-state index contributed by atoms with van der Waals surface area (Å²) in [7, 11) is 0. The van der Waals surface area contributed by atoms with Crippen LogP contribution in [0.15, 0.2) is 24.3 Å². The van der Waals surface area contributed by atoms with Crippen molar-refractivity contribution in [3.8, 4) is 5.75 Å². The van der Waals surface area contributed by atoms with Gasteiger partial charge in [0.1, 0.15) is 12.3 Å². The number of nitrogens with zero attached hydrogens (tertiary/aromatic N) is 1. The summed E-state index contributed by atoms with van der Waals surface area (Å²) in [5.41, 5.74) is 0.474. The second-order valence-corrected chi connectivity index (χ2v) is 7.60. The van der Waals surface area contributed by atoms with Crippen molar-refractivity contribution in [2.24, 2.45) is 5.92 Å². The van der Waals surface area contributed by atoms with Gasteiger partial charge in [0.2, 0.25) is 5.91 Å². The molecular formula is C21H27N3O6. The molecule has 2 atom stereocenters. The van der Waals surface area contributed by atoms with Gasteiger partial charge in [0, 0.05) is 6.04 Å². The molecule has 4 amide bonds. The van der Waals surface area contributed by atoms with Gasteiger partial charge >= 0.3 is 12.0 Å². The number of esters is 1. The van der Waals surface area contributed by atoms with Gasteiger partial charge in [-0.15, -0.1) is 0 Å². The highest BCUT2D eigenvalue weighted by Gasteiger charge is 2.26. The molecule has 30 heavy (non-hydrogen) atoms. The van der Waals surface area contributed by atoms with E-state index in [-0.39, 0.29) is 31.5 Å². The fourth-order valence-electron chi connectivity index (χ4n) is 3.71. The van der Waals surface area contributed by atoms with Gasteiger partial charge in [-0.05, 0) is 30.9 Å². The molecule has 0 bridgehead atoms. The Balaban J connectivity index is 1.46. The summed E-state index contributed by atoms with van der Waals surface area (Å²) in [6, 6.07) is 6.34. The zero-order chi connectivity index (χ0) is 21.5. The number of nitrogens with one attached hydrogen (secondary N) is 2. The molecule has 1 fully saturated rings. The number of hydrogen-bond donors (Lipinski definition) is 2. The summed E-state index contributed by atoms with van der Waals surface area (Å²) in [5.74, 6) is -0.896. The second-order valence-electron chi connectivity index (χ2n) is 7.60. The van der Waals surface area contributed by atoms with Crippen molar-refractivity contribution in [2.45, 2.75) is 45.1 Å². The molecule has 0 unspecified atom stereocenters. The van der Waals surface area contributed by atoms with Gasteiger partial charge in [-0.25, -0.2) is 4.79 Å². The van der Waals surface area contributed by atoms with E-state index in [9.17, 15) is 19.2 Å². The minimum Gasteiger partial charge on any atom is -0.491 e. The van der Waals surface area contributed by atoms with Crippen molar-refractivity contribution in [3.05, 3.63) is 24.3 Å². The highest BCUT2D eigenvalue weighted by Crippen LogP contribution is 2.30.